The van der Waals surface area contributed by atoms with Crippen LogP contribution < -0.4 is 19.5 Å². The highest BCUT2D eigenvalue weighted by atomic mass is 16.5. The molecule has 5 nitrogen and oxygen atoms in total. The minimum Gasteiger partial charge on any atom is -0.496 e. The summed E-state index contributed by atoms with van der Waals surface area (Å²) in [6.45, 7) is 2.53. The summed E-state index contributed by atoms with van der Waals surface area (Å²) in [7, 11) is 4.75. The SMILES string of the molecule is CCCCCC(=O)NCc1cc(OC)c(OC)cc1OC. The van der Waals surface area contributed by atoms with Crippen molar-refractivity contribution in [2.24, 2.45) is 0 Å². The first kappa shape index (κ1) is 17.1. The van der Waals surface area contributed by atoms with E-state index in [1.807, 2.05) is 6.07 Å². The number of amides is 1. The van der Waals surface area contributed by atoms with Gasteiger partial charge in [0.25, 0.3) is 0 Å². The first-order valence-electron chi connectivity index (χ1n) is 7.21. The molecule has 0 aliphatic heterocycles. The van der Waals surface area contributed by atoms with Crippen LogP contribution in [0.25, 0.3) is 0 Å². The lowest BCUT2D eigenvalue weighted by atomic mass is 10.1. The minimum atomic E-state index is 0.0558. The predicted octanol–water partition coefficient (Wildman–Crippen LogP) is 2.91. The van der Waals surface area contributed by atoms with Gasteiger partial charge in [0, 0.05) is 24.6 Å². The molecule has 1 N–H and O–H groups in total. The topological polar surface area (TPSA) is 56.8 Å². The Bertz CT molecular complexity index is 460. The van der Waals surface area contributed by atoms with Crippen molar-refractivity contribution in [2.45, 2.75) is 39.2 Å². The van der Waals surface area contributed by atoms with Crippen LogP contribution in [-0.2, 0) is 11.3 Å². The highest BCUT2D eigenvalue weighted by Crippen LogP contribution is 2.34. The highest BCUT2D eigenvalue weighted by Gasteiger charge is 2.12. The number of methoxy groups -OCH3 is 3. The first-order chi connectivity index (χ1) is 10.2. The molecule has 0 heterocycles. The number of hydrogen-bond acceptors (Lipinski definition) is 4. The predicted molar refractivity (Wildman–Crippen MR) is 82.1 cm³/mol. The van der Waals surface area contributed by atoms with E-state index in [-0.39, 0.29) is 5.91 Å². The lowest BCUT2D eigenvalue weighted by Crippen LogP contribution is -2.22. The molecule has 1 aromatic carbocycles. The van der Waals surface area contributed by atoms with Crippen LogP contribution in [0.2, 0.25) is 0 Å². The monoisotopic (exact) mass is 295 g/mol. The number of unbranched alkanes of at least 4 members (excludes halogenated alkanes) is 2. The number of carbonyl (C=O) groups is 1. The number of nitrogens with one attached hydrogen (secondary N) is 1. The van der Waals surface area contributed by atoms with Crippen LogP contribution in [0, 0.1) is 0 Å². The van der Waals surface area contributed by atoms with Gasteiger partial charge < -0.3 is 19.5 Å². The van der Waals surface area contributed by atoms with Crippen LogP contribution in [0.3, 0.4) is 0 Å². The second kappa shape index (κ2) is 9.10. The normalized spacial score (nSPS) is 10.1. The fourth-order valence-corrected chi connectivity index (χ4v) is 2.05. The van der Waals surface area contributed by atoms with E-state index in [4.69, 9.17) is 14.2 Å². The van der Waals surface area contributed by atoms with E-state index in [1.165, 1.54) is 0 Å². The van der Waals surface area contributed by atoms with E-state index in [9.17, 15) is 4.79 Å². The van der Waals surface area contributed by atoms with Crippen LogP contribution in [-0.4, -0.2) is 27.2 Å². The third-order valence-electron chi connectivity index (χ3n) is 3.27. The van der Waals surface area contributed by atoms with Crippen molar-refractivity contribution in [2.75, 3.05) is 21.3 Å². The Morgan fingerprint density at radius 2 is 1.62 bits per heavy atom. The molecule has 0 radical (unpaired) electrons. The molecule has 5 heteroatoms. The molecule has 0 aliphatic rings. The van der Waals surface area contributed by atoms with Crippen molar-refractivity contribution in [3.63, 3.8) is 0 Å². The number of carbonyl (C=O) groups excluding carboxylic acids is 1. The third kappa shape index (κ3) is 5.17. The number of hydrogen-bond donors (Lipinski definition) is 1. The zero-order chi connectivity index (χ0) is 15.7. The van der Waals surface area contributed by atoms with Crippen LogP contribution >= 0.6 is 0 Å². The van der Waals surface area contributed by atoms with E-state index in [0.717, 1.165) is 24.8 Å². The van der Waals surface area contributed by atoms with Crippen LogP contribution in [0.4, 0.5) is 0 Å². The van der Waals surface area contributed by atoms with Crippen LogP contribution in [0.5, 0.6) is 17.2 Å². The number of ether oxygens (including phenoxy) is 3. The Morgan fingerprint density at radius 1 is 1.00 bits per heavy atom. The average Bonchev–Trinajstić information content (AvgIpc) is 2.52. The highest BCUT2D eigenvalue weighted by molar-refractivity contribution is 5.76. The third-order valence-corrected chi connectivity index (χ3v) is 3.27. The molecule has 0 unspecified atom stereocenters. The van der Waals surface area contributed by atoms with E-state index in [0.29, 0.717) is 30.2 Å². The number of benzene rings is 1. The van der Waals surface area contributed by atoms with Gasteiger partial charge in [0.15, 0.2) is 11.5 Å². The maximum absolute atomic E-state index is 11.8. The summed E-state index contributed by atoms with van der Waals surface area (Å²) in [5, 5.41) is 2.91. The Balaban J connectivity index is 2.71. The standard InChI is InChI=1S/C16H25NO4/c1-5-6-7-8-16(18)17-11-12-9-14(20-3)15(21-4)10-13(12)19-2/h9-10H,5-8,11H2,1-4H3,(H,17,18). The minimum absolute atomic E-state index is 0.0558. The summed E-state index contributed by atoms with van der Waals surface area (Å²) in [6.07, 6.45) is 3.67. The van der Waals surface area contributed by atoms with Gasteiger partial charge in [-0.1, -0.05) is 19.8 Å². The molecule has 0 aliphatic carbocycles. The van der Waals surface area contributed by atoms with Gasteiger partial charge in [-0.15, -0.1) is 0 Å². The van der Waals surface area contributed by atoms with Gasteiger partial charge >= 0.3 is 0 Å². The van der Waals surface area contributed by atoms with Gasteiger partial charge in [-0.25, -0.2) is 0 Å². The van der Waals surface area contributed by atoms with Crippen molar-refractivity contribution in [1.82, 2.24) is 5.32 Å². The molecular formula is C16H25NO4. The maximum Gasteiger partial charge on any atom is 0.220 e. The molecule has 1 rings (SSSR count). The summed E-state index contributed by atoms with van der Waals surface area (Å²) < 4.78 is 15.8. The Morgan fingerprint density at radius 3 is 2.19 bits per heavy atom. The Hall–Kier alpha value is -1.91. The fraction of sp³-hybridized carbons (Fsp3) is 0.562. The number of rotatable bonds is 9. The van der Waals surface area contributed by atoms with E-state index >= 15 is 0 Å². The van der Waals surface area contributed by atoms with Crippen molar-refractivity contribution in [3.8, 4) is 17.2 Å². The molecule has 1 aromatic rings. The van der Waals surface area contributed by atoms with Crippen LogP contribution in [0.1, 0.15) is 38.2 Å². The van der Waals surface area contributed by atoms with E-state index < -0.39 is 0 Å². The first-order valence-corrected chi connectivity index (χ1v) is 7.21. The maximum atomic E-state index is 11.8. The quantitative estimate of drug-likeness (QED) is 0.712. The molecular weight excluding hydrogens is 270 g/mol. The lowest BCUT2D eigenvalue weighted by molar-refractivity contribution is -0.121. The van der Waals surface area contributed by atoms with Gasteiger partial charge in [-0.2, -0.15) is 0 Å². The average molecular weight is 295 g/mol. The zero-order valence-electron chi connectivity index (χ0n) is 13.3. The molecule has 1 amide bonds. The van der Waals surface area contributed by atoms with Gasteiger partial charge in [-0.3, -0.25) is 4.79 Å². The molecule has 0 bridgehead atoms. The summed E-state index contributed by atoms with van der Waals surface area (Å²) >= 11 is 0. The van der Waals surface area contributed by atoms with Gasteiger partial charge in [0.05, 0.1) is 21.3 Å². The molecule has 118 valence electrons. The second-order valence-corrected chi connectivity index (χ2v) is 4.75. The van der Waals surface area contributed by atoms with Crippen molar-refractivity contribution < 1.29 is 19.0 Å². The summed E-state index contributed by atoms with van der Waals surface area (Å²) in [6, 6.07) is 3.58. The molecule has 0 saturated carbocycles. The molecule has 0 saturated heterocycles. The van der Waals surface area contributed by atoms with Crippen molar-refractivity contribution in [3.05, 3.63) is 17.7 Å². The van der Waals surface area contributed by atoms with Gasteiger partial charge in [0.2, 0.25) is 5.91 Å². The van der Waals surface area contributed by atoms with E-state index in [2.05, 4.69) is 12.2 Å². The summed E-state index contributed by atoms with van der Waals surface area (Å²) in [5.41, 5.74) is 0.860. The second-order valence-electron chi connectivity index (χ2n) is 4.75. The smallest absolute Gasteiger partial charge is 0.220 e. The van der Waals surface area contributed by atoms with E-state index in [1.54, 1.807) is 27.4 Å². The Labute approximate surface area is 126 Å². The van der Waals surface area contributed by atoms with Crippen LogP contribution in [0.15, 0.2) is 12.1 Å². The zero-order valence-corrected chi connectivity index (χ0v) is 13.3. The molecule has 0 fully saturated rings. The van der Waals surface area contributed by atoms with Gasteiger partial charge in [-0.05, 0) is 12.5 Å². The lowest BCUT2D eigenvalue weighted by Gasteiger charge is -2.14. The molecule has 21 heavy (non-hydrogen) atoms. The summed E-state index contributed by atoms with van der Waals surface area (Å²) in [4.78, 5) is 11.8. The van der Waals surface area contributed by atoms with Crippen molar-refractivity contribution in [1.29, 1.82) is 0 Å². The molecule has 0 spiro atoms. The Kier molecular flexibility index (Phi) is 7.43. The molecule has 0 aromatic heterocycles. The molecule has 0 atom stereocenters. The largest absolute Gasteiger partial charge is 0.496 e. The fourth-order valence-electron chi connectivity index (χ4n) is 2.05. The van der Waals surface area contributed by atoms with Gasteiger partial charge in [0.1, 0.15) is 5.75 Å². The summed E-state index contributed by atoms with van der Waals surface area (Å²) in [5.74, 6) is 1.95. The van der Waals surface area contributed by atoms with Crippen molar-refractivity contribution >= 4 is 5.91 Å².